The van der Waals surface area contributed by atoms with Gasteiger partial charge in [-0.25, -0.2) is 4.79 Å². The number of carboxylic acid groups (broad SMARTS) is 1. The Bertz CT molecular complexity index is 744. The molecule has 1 saturated heterocycles. The van der Waals surface area contributed by atoms with Crippen molar-refractivity contribution in [1.82, 2.24) is 4.90 Å². The molecule has 7 nitrogen and oxygen atoms in total. The number of primary amides is 1. The van der Waals surface area contributed by atoms with Gasteiger partial charge in [-0.05, 0) is 63.3 Å². The van der Waals surface area contributed by atoms with E-state index >= 15 is 0 Å². The van der Waals surface area contributed by atoms with Gasteiger partial charge in [-0.3, -0.25) is 9.59 Å². The summed E-state index contributed by atoms with van der Waals surface area (Å²) in [6, 6.07) is 4.89. The van der Waals surface area contributed by atoms with E-state index in [0.29, 0.717) is 30.6 Å². The van der Waals surface area contributed by atoms with Crippen LogP contribution in [0.25, 0.3) is 0 Å². The topological polar surface area (TPSA) is 110 Å². The van der Waals surface area contributed by atoms with Crippen molar-refractivity contribution in [2.24, 2.45) is 17.6 Å². The van der Waals surface area contributed by atoms with Crippen molar-refractivity contribution in [2.45, 2.75) is 39.2 Å². The molecule has 3 N–H and O–H groups in total. The molecule has 1 aromatic rings. The summed E-state index contributed by atoms with van der Waals surface area (Å²) >= 11 is 3.40. The quantitative estimate of drug-likeness (QED) is 0.730. The van der Waals surface area contributed by atoms with Crippen LogP contribution < -0.4 is 5.73 Å². The van der Waals surface area contributed by atoms with Gasteiger partial charge in [0.1, 0.15) is 5.60 Å². The van der Waals surface area contributed by atoms with E-state index in [0.717, 1.165) is 4.47 Å². The van der Waals surface area contributed by atoms with E-state index in [2.05, 4.69) is 15.9 Å². The summed E-state index contributed by atoms with van der Waals surface area (Å²) in [7, 11) is 0. The summed E-state index contributed by atoms with van der Waals surface area (Å²) < 4.78 is 6.09. The Morgan fingerprint density at radius 1 is 1.37 bits per heavy atom. The Hall–Kier alpha value is -2.09. The molecule has 1 aliphatic heterocycles. The van der Waals surface area contributed by atoms with Gasteiger partial charge in [-0.15, -0.1) is 0 Å². The van der Waals surface area contributed by atoms with Crippen LogP contribution in [0.15, 0.2) is 22.7 Å². The van der Waals surface area contributed by atoms with Gasteiger partial charge in [0.15, 0.2) is 0 Å². The molecule has 27 heavy (non-hydrogen) atoms. The highest BCUT2D eigenvalue weighted by molar-refractivity contribution is 9.10. The number of nitrogens with zero attached hydrogens (tertiary/aromatic N) is 1. The van der Waals surface area contributed by atoms with Crippen molar-refractivity contribution in [1.29, 1.82) is 0 Å². The average Bonchev–Trinajstić information content (AvgIpc) is 3.01. The maximum Gasteiger partial charge on any atom is 0.410 e. The first-order valence-electron chi connectivity index (χ1n) is 8.77. The van der Waals surface area contributed by atoms with Crippen molar-refractivity contribution in [3.05, 3.63) is 33.8 Å². The van der Waals surface area contributed by atoms with Crippen molar-refractivity contribution >= 4 is 33.9 Å². The lowest BCUT2D eigenvalue weighted by Gasteiger charge is -2.25. The van der Waals surface area contributed by atoms with Gasteiger partial charge >= 0.3 is 12.1 Å². The van der Waals surface area contributed by atoms with Crippen LogP contribution in [0.5, 0.6) is 0 Å². The molecule has 0 bridgehead atoms. The maximum atomic E-state index is 12.2. The van der Waals surface area contributed by atoms with Crippen molar-refractivity contribution < 1.29 is 24.2 Å². The van der Waals surface area contributed by atoms with Crippen LogP contribution in [0.2, 0.25) is 0 Å². The Kier molecular flexibility index (Phi) is 6.51. The van der Waals surface area contributed by atoms with Crippen LogP contribution in [-0.4, -0.2) is 46.7 Å². The third kappa shape index (κ3) is 5.69. The minimum absolute atomic E-state index is 0.195. The Labute approximate surface area is 167 Å². The van der Waals surface area contributed by atoms with Crippen LogP contribution in [-0.2, 0) is 16.0 Å². The standard InChI is InChI=1S/C19H25BrN2O5/c1-19(2,3)27-18(26)22-7-6-12(10-22)14(17(24)25)9-13-8-11(16(21)23)4-5-15(13)20/h4-5,8,12,14H,6-7,9-10H2,1-3H3,(H2,21,23)(H,24,25)/t12-,14-/m0/s1. The smallest absolute Gasteiger partial charge is 0.410 e. The minimum Gasteiger partial charge on any atom is -0.481 e. The second kappa shape index (κ2) is 8.29. The number of nitrogens with two attached hydrogens (primary N) is 1. The number of likely N-dealkylation sites (tertiary alicyclic amines) is 1. The number of carboxylic acids is 1. The number of carbonyl (C=O) groups is 3. The zero-order valence-electron chi connectivity index (χ0n) is 15.7. The van der Waals surface area contributed by atoms with E-state index in [1.54, 1.807) is 43.9 Å². The highest BCUT2D eigenvalue weighted by Gasteiger charge is 2.37. The molecular weight excluding hydrogens is 416 g/mol. The molecule has 0 aliphatic carbocycles. The predicted molar refractivity (Wildman–Crippen MR) is 103 cm³/mol. The fourth-order valence-electron chi connectivity index (χ4n) is 3.19. The Morgan fingerprint density at radius 2 is 2.04 bits per heavy atom. The predicted octanol–water partition coefficient (Wildman–Crippen LogP) is 3.05. The highest BCUT2D eigenvalue weighted by atomic mass is 79.9. The van der Waals surface area contributed by atoms with E-state index in [1.807, 2.05) is 0 Å². The summed E-state index contributed by atoms with van der Waals surface area (Å²) in [6.07, 6.45) is 0.402. The van der Waals surface area contributed by atoms with Crippen LogP contribution in [0, 0.1) is 11.8 Å². The SMILES string of the molecule is CC(C)(C)OC(=O)N1CC[C@H]([C@H](Cc2cc(C(N)=O)ccc2Br)C(=O)O)C1. The third-order valence-electron chi connectivity index (χ3n) is 4.53. The van der Waals surface area contributed by atoms with Crippen molar-refractivity contribution in [3.8, 4) is 0 Å². The molecule has 1 fully saturated rings. The average molecular weight is 441 g/mol. The second-order valence-electron chi connectivity index (χ2n) is 7.79. The fraction of sp³-hybridized carbons (Fsp3) is 0.526. The van der Waals surface area contributed by atoms with Gasteiger partial charge in [-0.1, -0.05) is 15.9 Å². The number of ether oxygens (including phenoxy) is 1. The van der Waals surface area contributed by atoms with E-state index in [9.17, 15) is 19.5 Å². The van der Waals surface area contributed by atoms with Gasteiger partial charge < -0.3 is 20.5 Å². The summed E-state index contributed by atoms with van der Waals surface area (Å²) in [4.78, 5) is 37.1. The molecule has 0 unspecified atom stereocenters. The lowest BCUT2D eigenvalue weighted by molar-refractivity contribution is -0.143. The fourth-order valence-corrected chi connectivity index (χ4v) is 3.59. The monoisotopic (exact) mass is 440 g/mol. The molecule has 0 saturated carbocycles. The Morgan fingerprint density at radius 3 is 2.59 bits per heavy atom. The lowest BCUT2D eigenvalue weighted by atomic mass is 9.86. The van der Waals surface area contributed by atoms with Crippen molar-refractivity contribution in [3.63, 3.8) is 0 Å². The molecule has 1 aromatic carbocycles. The van der Waals surface area contributed by atoms with Crippen LogP contribution >= 0.6 is 15.9 Å². The molecule has 1 aliphatic rings. The number of hydrogen-bond acceptors (Lipinski definition) is 4. The Balaban J connectivity index is 2.13. The van der Waals surface area contributed by atoms with E-state index in [-0.39, 0.29) is 12.3 Å². The van der Waals surface area contributed by atoms with Gasteiger partial charge in [0.05, 0.1) is 5.92 Å². The van der Waals surface area contributed by atoms with E-state index in [4.69, 9.17) is 10.5 Å². The number of hydrogen-bond donors (Lipinski definition) is 2. The molecule has 2 atom stereocenters. The number of aliphatic carboxylic acids is 1. The molecule has 0 aromatic heterocycles. The number of halogens is 1. The molecule has 0 radical (unpaired) electrons. The molecule has 2 amide bonds. The zero-order chi connectivity index (χ0) is 20.4. The zero-order valence-corrected chi connectivity index (χ0v) is 17.3. The number of carbonyl (C=O) groups excluding carboxylic acids is 2. The van der Waals surface area contributed by atoms with Crippen molar-refractivity contribution in [2.75, 3.05) is 13.1 Å². The minimum atomic E-state index is -0.928. The largest absolute Gasteiger partial charge is 0.481 e. The van der Waals surface area contributed by atoms with Gasteiger partial charge in [0, 0.05) is 23.1 Å². The van der Waals surface area contributed by atoms with Gasteiger partial charge in [0.2, 0.25) is 5.91 Å². The first-order valence-corrected chi connectivity index (χ1v) is 9.56. The first kappa shape index (κ1) is 21.2. The van der Waals surface area contributed by atoms with Gasteiger partial charge in [-0.2, -0.15) is 0 Å². The summed E-state index contributed by atoms with van der Waals surface area (Å²) in [5.41, 5.74) is 5.76. The normalized spacial score (nSPS) is 18.2. The van der Waals surface area contributed by atoms with Crippen LogP contribution in [0.1, 0.15) is 43.1 Å². The molecule has 8 heteroatoms. The molecule has 148 valence electrons. The second-order valence-corrected chi connectivity index (χ2v) is 8.65. The summed E-state index contributed by atoms with van der Waals surface area (Å²) in [5.74, 6) is -2.37. The summed E-state index contributed by atoms with van der Waals surface area (Å²) in [5, 5.41) is 9.73. The van der Waals surface area contributed by atoms with E-state index < -0.39 is 29.5 Å². The summed E-state index contributed by atoms with van der Waals surface area (Å²) in [6.45, 7) is 6.18. The highest BCUT2D eigenvalue weighted by Crippen LogP contribution is 2.31. The number of benzene rings is 1. The third-order valence-corrected chi connectivity index (χ3v) is 5.31. The van der Waals surface area contributed by atoms with Crippen LogP contribution in [0.3, 0.4) is 0 Å². The van der Waals surface area contributed by atoms with Crippen LogP contribution in [0.4, 0.5) is 4.79 Å². The molecule has 2 rings (SSSR count). The molecule has 1 heterocycles. The molecular formula is C19H25BrN2O5. The number of amides is 2. The van der Waals surface area contributed by atoms with E-state index in [1.165, 1.54) is 0 Å². The number of rotatable bonds is 5. The maximum absolute atomic E-state index is 12.2. The lowest BCUT2D eigenvalue weighted by Crippen LogP contribution is -2.36. The molecule has 0 spiro atoms. The van der Waals surface area contributed by atoms with Gasteiger partial charge in [0.25, 0.3) is 0 Å². The first-order chi connectivity index (χ1) is 12.5.